The lowest BCUT2D eigenvalue weighted by Gasteiger charge is -2.39. The van der Waals surface area contributed by atoms with Crippen LogP contribution >= 0.6 is 0 Å². The monoisotopic (exact) mass is 241 g/mol. The molecule has 0 N–H and O–H groups in total. The molecule has 1 heterocycles. The van der Waals surface area contributed by atoms with Crippen LogP contribution in [0.2, 0.25) is 0 Å². The molecule has 0 saturated carbocycles. The Morgan fingerprint density at radius 2 is 1.94 bits per heavy atom. The lowest BCUT2D eigenvalue weighted by atomic mass is 9.91. The number of hydrogen-bond donors (Lipinski definition) is 0. The van der Waals surface area contributed by atoms with E-state index in [-0.39, 0.29) is 12.5 Å². The topological polar surface area (TPSA) is 20.3 Å². The van der Waals surface area contributed by atoms with Crippen LogP contribution in [0.5, 0.6) is 0 Å². The van der Waals surface area contributed by atoms with Crippen molar-refractivity contribution >= 4 is 5.91 Å². The Kier molecular flexibility index (Phi) is 3.80. The summed E-state index contributed by atoms with van der Waals surface area (Å²) in [5.74, 6) is -6.25. The van der Waals surface area contributed by atoms with Crippen LogP contribution in [0.1, 0.15) is 26.7 Å². The zero-order valence-corrected chi connectivity index (χ0v) is 9.22. The van der Waals surface area contributed by atoms with Crippen molar-refractivity contribution in [2.45, 2.75) is 45.1 Å². The first-order chi connectivity index (χ1) is 7.28. The number of alkyl halides is 4. The number of hydrogen-bond acceptors (Lipinski definition) is 1. The minimum atomic E-state index is -4.56. The van der Waals surface area contributed by atoms with Crippen LogP contribution in [0.4, 0.5) is 17.6 Å². The quantitative estimate of drug-likeness (QED) is 0.680. The van der Waals surface area contributed by atoms with Crippen LogP contribution < -0.4 is 0 Å². The molecule has 0 spiro atoms. The third-order valence-electron chi connectivity index (χ3n) is 3.19. The van der Waals surface area contributed by atoms with E-state index in [1.807, 2.05) is 6.92 Å². The molecule has 1 saturated heterocycles. The number of nitrogens with zero attached hydrogens (tertiary/aromatic N) is 1. The maximum atomic E-state index is 12.9. The summed E-state index contributed by atoms with van der Waals surface area (Å²) in [5.41, 5.74) is 0. The molecule has 1 aliphatic heterocycles. The van der Waals surface area contributed by atoms with Crippen LogP contribution in [-0.4, -0.2) is 35.7 Å². The van der Waals surface area contributed by atoms with Gasteiger partial charge in [-0.1, -0.05) is 6.92 Å². The molecule has 94 valence electrons. The molecule has 1 amide bonds. The Balaban J connectivity index is 2.80. The van der Waals surface area contributed by atoms with Gasteiger partial charge in [-0.2, -0.15) is 8.78 Å². The summed E-state index contributed by atoms with van der Waals surface area (Å²) in [5, 5.41) is 0. The van der Waals surface area contributed by atoms with Gasteiger partial charge in [0.25, 0.3) is 5.91 Å². The van der Waals surface area contributed by atoms with Crippen LogP contribution in [-0.2, 0) is 4.79 Å². The van der Waals surface area contributed by atoms with E-state index < -0.39 is 24.3 Å². The van der Waals surface area contributed by atoms with Gasteiger partial charge in [0.15, 0.2) is 0 Å². The molecule has 0 aliphatic carbocycles. The summed E-state index contributed by atoms with van der Waals surface area (Å²) in [6, 6.07) is -0.411. The lowest BCUT2D eigenvalue weighted by molar-refractivity contribution is -0.184. The number of likely N-dealkylation sites (tertiary alicyclic amines) is 1. The van der Waals surface area contributed by atoms with Crippen molar-refractivity contribution in [3.8, 4) is 0 Å². The van der Waals surface area contributed by atoms with E-state index in [2.05, 4.69) is 0 Å². The van der Waals surface area contributed by atoms with Gasteiger partial charge in [0.05, 0.1) is 0 Å². The number of piperidine rings is 1. The summed E-state index contributed by atoms with van der Waals surface area (Å²) < 4.78 is 49.9. The smallest absolute Gasteiger partial charge is 0.334 e. The van der Waals surface area contributed by atoms with Gasteiger partial charge in [-0.3, -0.25) is 4.79 Å². The molecular weight excluding hydrogens is 226 g/mol. The van der Waals surface area contributed by atoms with Crippen LogP contribution in [0.3, 0.4) is 0 Å². The summed E-state index contributed by atoms with van der Waals surface area (Å²) in [4.78, 5) is 12.2. The van der Waals surface area contributed by atoms with Gasteiger partial charge in [0, 0.05) is 12.6 Å². The molecule has 6 heteroatoms. The standard InChI is InChI=1S/C10H15F4NO/c1-6-4-3-5-15(7(6)2)9(16)10(13,14)8(11)12/h6-8H,3-5H2,1-2H3. The van der Waals surface area contributed by atoms with Gasteiger partial charge in [0.2, 0.25) is 0 Å². The van der Waals surface area contributed by atoms with E-state index in [1.165, 1.54) is 0 Å². The van der Waals surface area contributed by atoms with Crippen molar-refractivity contribution in [2.24, 2.45) is 5.92 Å². The Morgan fingerprint density at radius 1 is 1.38 bits per heavy atom. The Morgan fingerprint density at radius 3 is 2.44 bits per heavy atom. The predicted molar refractivity (Wildman–Crippen MR) is 50.5 cm³/mol. The average Bonchev–Trinajstić information content (AvgIpc) is 2.21. The molecule has 1 rings (SSSR count). The maximum absolute atomic E-state index is 12.9. The molecule has 0 aromatic carbocycles. The Labute approximate surface area is 91.6 Å². The fourth-order valence-corrected chi connectivity index (χ4v) is 1.91. The van der Waals surface area contributed by atoms with Gasteiger partial charge in [0.1, 0.15) is 0 Å². The summed E-state index contributed by atoms with van der Waals surface area (Å²) in [7, 11) is 0. The predicted octanol–water partition coefficient (Wildman–Crippen LogP) is 2.53. The molecule has 0 bridgehead atoms. The first-order valence-electron chi connectivity index (χ1n) is 5.25. The molecule has 16 heavy (non-hydrogen) atoms. The summed E-state index contributed by atoms with van der Waals surface area (Å²) in [6.45, 7) is 3.57. The Bertz CT molecular complexity index is 270. The number of halogens is 4. The molecule has 2 unspecified atom stereocenters. The molecule has 0 aromatic rings. The minimum Gasteiger partial charge on any atom is -0.334 e. The largest absolute Gasteiger partial charge is 0.383 e. The number of rotatable bonds is 2. The molecular formula is C10H15F4NO. The molecule has 1 aliphatic rings. The van der Waals surface area contributed by atoms with Crippen molar-refractivity contribution in [1.82, 2.24) is 4.90 Å². The third kappa shape index (κ3) is 2.30. The first-order valence-corrected chi connectivity index (χ1v) is 5.25. The number of carbonyl (C=O) groups is 1. The second kappa shape index (κ2) is 4.59. The van der Waals surface area contributed by atoms with Gasteiger partial charge in [-0.25, -0.2) is 8.78 Å². The fraction of sp³-hybridized carbons (Fsp3) is 0.900. The van der Waals surface area contributed by atoms with Crippen molar-refractivity contribution in [2.75, 3.05) is 6.54 Å². The van der Waals surface area contributed by atoms with E-state index in [4.69, 9.17) is 0 Å². The minimum absolute atomic E-state index is 0.0613. The van der Waals surface area contributed by atoms with Crippen LogP contribution in [0.15, 0.2) is 0 Å². The average molecular weight is 241 g/mol. The van der Waals surface area contributed by atoms with Crippen LogP contribution in [0.25, 0.3) is 0 Å². The van der Waals surface area contributed by atoms with Gasteiger partial charge in [-0.05, 0) is 25.7 Å². The first kappa shape index (κ1) is 13.3. The second-order valence-electron chi connectivity index (χ2n) is 4.28. The van der Waals surface area contributed by atoms with Crippen molar-refractivity contribution < 1.29 is 22.4 Å². The zero-order chi connectivity index (χ0) is 12.5. The highest BCUT2D eigenvalue weighted by Crippen LogP contribution is 2.30. The normalized spacial score (nSPS) is 27.3. The molecule has 0 aromatic heterocycles. The van der Waals surface area contributed by atoms with Gasteiger partial charge in [-0.15, -0.1) is 0 Å². The lowest BCUT2D eigenvalue weighted by Crippen LogP contribution is -2.54. The fourth-order valence-electron chi connectivity index (χ4n) is 1.91. The maximum Gasteiger partial charge on any atom is 0.383 e. The molecule has 0 radical (unpaired) electrons. The molecule has 1 fully saturated rings. The Hall–Kier alpha value is -0.810. The molecule has 2 atom stereocenters. The number of amides is 1. The summed E-state index contributed by atoms with van der Waals surface area (Å²) >= 11 is 0. The van der Waals surface area contributed by atoms with E-state index >= 15 is 0 Å². The van der Waals surface area contributed by atoms with Gasteiger partial charge >= 0.3 is 12.3 Å². The third-order valence-corrected chi connectivity index (χ3v) is 3.19. The SMILES string of the molecule is CC1CCCN(C(=O)C(F)(F)C(F)F)C1C. The van der Waals surface area contributed by atoms with Crippen LogP contribution in [0, 0.1) is 5.92 Å². The van der Waals surface area contributed by atoms with Gasteiger partial charge < -0.3 is 4.90 Å². The van der Waals surface area contributed by atoms with Crippen molar-refractivity contribution in [3.05, 3.63) is 0 Å². The van der Waals surface area contributed by atoms with Crippen molar-refractivity contribution in [3.63, 3.8) is 0 Å². The van der Waals surface area contributed by atoms with E-state index in [9.17, 15) is 22.4 Å². The second-order valence-corrected chi connectivity index (χ2v) is 4.28. The highest BCUT2D eigenvalue weighted by Gasteiger charge is 2.52. The highest BCUT2D eigenvalue weighted by molar-refractivity contribution is 5.84. The van der Waals surface area contributed by atoms with E-state index in [1.54, 1.807) is 6.92 Å². The molecule has 2 nitrogen and oxygen atoms in total. The highest BCUT2D eigenvalue weighted by atomic mass is 19.3. The summed E-state index contributed by atoms with van der Waals surface area (Å²) in [6.07, 6.45) is -2.54. The number of carbonyl (C=O) groups excluding carboxylic acids is 1. The van der Waals surface area contributed by atoms with Crippen molar-refractivity contribution in [1.29, 1.82) is 0 Å². The van der Waals surface area contributed by atoms with E-state index in [0.29, 0.717) is 6.42 Å². The zero-order valence-electron chi connectivity index (χ0n) is 9.22. The van der Waals surface area contributed by atoms with E-state index in [0.717, 1.165) is 11.3 Å².